The molecule has 0 bridgehead atoms. The molecule has 7 heteroatoms. The number of nitrogens with two attached hydrogens (primary N) is 1. The van der Waals surface area contributed by atoms with Gasteiger partial charge in [-0.15, -0.1) is 11.3 Å². The Morgan fingerprint density at radius 1 is 1.42 bits per heavy atom. The molecule has 0 amide bonds. The molecule has 0 saturated carbocycles. The predicted octanol–water partition coefficient (Wildman–Crippen LogP) is 2.10. The number of unbranched alkanes of at least 4 members (excludes halogenated alkanes) is 1. The number of aromatic nitrogens is 1. The summed E-state index contributed by atoms with van der Waals surface area (Å²) in [6, 6.07) is 0. The number of hydrogen-bond acceptors (Lipinski definition) is 5. The quantitative estimate of drug-likeness (QED) is 0.674. The number of anilines is 1. The summed E-state index contributed by atoms with van der Waals surface area (Å²) in [5.74, 6) is -2.04. The van der Waals surface area contributed by atoms with E-state index in [0.29, 0.717) is 23.7 Å². The van der Waals surface area contributed by atoms with Crippen LogP contribution in [0.25, 0.3) is 0 Å². The zero-order chi connectivity index (χ0) is 14.5. The Balaban J connectivity index is 3.10. The lowest BCUT2D eigenvalue weighted by atomic mass is 9.76. The molecule has 106 valence electrons. The van der Waals surface area contributed by atoms with E-state index in [9.17, 15) is 14.7 Å². The number of carboxylic acid groups (broad SMARTS) is 2. The highest BCUT2D eigenvalue weighted by molar-refractivity contribution is 7.13. The third kappa shape index (κ3) is 3.66. The molecule has 1 atom stereocenters. The molecule has 6 nitrogen and oxygen atoms in total. The van der Waals surface area contributed by atoms with Crippen LogP contribution in [0.15, 0.2) is 5.38 Å². The molecule has 0 spiro atoms. The smallest absolute Gasteiger partial charge is 0.315 e. The Morgan fingerprint density at radius 2 is 2.11 bits per heavy atom. The van der Waals surface area contributed by atoms with E-state index in [1.54, 1.807) is 5.38 Å². The first-order chi connectivity index (χ1) is 8.92. The second kappa shape index (κ2) is 6.51. The van der Waals surface area contributed by atoms with Crippen molar-refractivity contribution in [2.75, 3.05) is 5.73 Å². The number of hydrogen-bond donors (Lipinski definition) is 3. The maximum Gasteiger partial charge on any atom is 0.315 e. The monoisotopic (exact) mass is 286 g/mol. The van der Waals surface area contributed by atoms with Crippen LogP contribution in [0, 0.1) is 0 Å². The first kappa shape index (κ1) is 15.4. The highest BCUT2D eigenvalue weighted by atomic mass is 32.1. The first-order valence-electron chi connectivity index (χ1n) is 6.09. The van der Waals surface area contributed by atoms with Gasteiger partial charge in [0.1, 0.15) is 5.41 Å². The minimum Gasteiger partial charge on any atom is -0.481 e. The van der Waals surface area contributed by atoms with Crippen LogP contribution in [-0.4, -0.2) is 27.1 Å². The van der Waals surface area contributed by atoms with Gasteiger partial charge in [0.2, 0.25) is 0 Å². The summed E-state index contributed by atoms with van der Waals surface area (Å²) in [7, 11) is 0. The van der Waals surface area contributed by atoms with Crippen molar-refractivity contribution in [3.63, 3.8) is 0 Å². The SMILES string of the molecule is CCCC[C@@](CCC(=O)O)(C(=O)O)c1csc(N)n1. The van der Waals surface area contributed by atoms with Crippen LogP contribution in [0.2, 0.25) is 0 Å². The summed E-state index contributed by atoms with van der Waals surface area (Å²) in [5, 5.41) is 20.3. The molecular formula is C12H18N2O4S. The van der Waals surface area contributed by atoms with Crippen molar-refractivity contribution >= 4 is 28.4 Å². The Hall–Kier alpha value is -1.63. The molecular weight excluding hydrogens is 268 g/mol. The van der Waals surface area contributed by atoms with Gasteiger partial charge in [-0.2, -0.15) is 0 Å². The summed E-state index contributed by atoms with van der Waals surface area (Å²) in [4.78, 5) is 26.5. The van der Waals surface area contributed by atoms with Crippen LogP contribution in [-0.2, 0) is 15.0 Å². The zero-order valence-corrected chi connectivity index (χ0v) is 11.6. The second-order valence-corrected chi connectivity index (χ2v) is 5.35. The van der Waals surface area contributed by atoms with Crippen molar-refractivity contribution < 1.29 is 19.8 Å². The third-order valence-corrected chi connectivity index (χ3v) is 3.82. The largest absolute Gasteiger partial charge is 0.481 e. The molecule has 0 fully saturated rings. The van der Waals surface area contributed by atoms with Crippen LogP contribution in [0.4, 0.5) is 5.13 Å². The molecule has 0 radical (unpaired) electrons. The third-order valence-electron chi connectivity index (χ3n) is 3.14. The van der Waals surface area contributed by atoms with E-state index in [0.717, 1.165) is 6.42 Å². The maximum atomic E-state index is 11.7. The van der Waals surface area contributed by atoms with Gasteiger partial charge < -0.3 is 15.9 Å². The average Bonchev–Trinajstić information content (AvgIpc) is 2.76. The first-order valence-corrected chi connectivity index (χ1v) is 6.97. The molecule has 0 aliphatic rings. The normalized spacial score (nSPS) is 13.9. The summed E-state index contributed by atoms with van der Waals surface area (Å²) >= 11 is 1.17. The molecule has 1 rings (SSSR count). The lowest BCUT2D eigenvalue weighted by Crippen LogP contribution is -2.37. The van der Waals surface area contributed by atoms with E-state index < -0.39 is 17.4 Å². The number of carbonyl (C=O) groups is 2. The second-order valence-electron chi connectivity index (χ2n) is 4.46. The van der Waals surface area contributed by atoms with Crippen molar-refractivity contribution in [1.82, 2.24) is 4.98 Å². The van der Waals surface area contributed by atoms with Crippen LogP contribution >= 0.6 is 11.3 Å². The number of carboxylic acids is 2. The van der Waals surface area contributed by atoms with Crippen LogP contribution in [0.5, 0.6) is 0 Å². The molecule has 4 N–H and O–H groups in total. The molecule has 0 unspecified atom stereocenters. The van der Waals surface area contributed by atoms with Gasteiger partial charge in [-0.05, 0) is 12.8 Å². The Bertz CT molecular complexity index is 460. The fourth-order valence-corrected chi connectivity index (χ4v) is 2.67. The molecule has 0 aliphatic carbocycles. The minimum absolute atomic E-state index is 0.0286. The van der Waals surface area contributed by atoms with Gasteiger partial charge in [0.25, 0.3) is 0 Å². The van der Waals surface area contributed by atoms with E-state index in [1.165, 1.54) is 11.3 Å². The minimum atomic E-state index is -1.25. The Labute approximate surface area is 115 Å². The topological polar surface area (TPSA) is 114 Å². The predicted molar refractivity (Wildman–Crippen MR) is 72.2 cm³/mol. The van der Waals surface area contributed by atoms with Crippen LogP contribution < -0.4 is 5.73 Å². The van der Waals surface area contributed by atoms with E-state index in [2.05, 4.69) is 4.98 Å². The average molecular weight is 286 g/mol. The van der Waals surface area contributed by atoms with Crippen molar-refractivity contribution in [1.29, 1.82) is 0 Å². The standard InChI is InChI=1S/C12H18N2O4S/c1-2-3-5-12(10(17)18,6-4-9(15)16)8-7-19-11(13)14-8/h7H,2-6H2,1H3,(H2,13,14)(H,15,16)(H,17,18)/t12-/m0/s1. The molecule has 19 heavy (non-hydrogen) atoms. The number of nitrogens with zero attached hydrogens (tertiary/aromatic N) is 1. The van der Waals surface area contributed by atoms with Crippen LogP contribution in [0.3, 0.4) is 0 Å². The van der Waals surface area contributed by atoms with Crippen molar-refractivity contribution in [2.45, 2.75) is 44.4 Å². The summed E-state index contributed by atoms with van der Waals surface area (Å²) < 4.78 is 0. The van der Waals surface area contributed by atoms with Gasteiger partial charge in [-0.25, -0.2) is 4.98 Å². The lowest BCUT2D eigenvalue weighted by molar-refractivity contribution is -0.145. The van der Waals surface area contributed by atoms with Gasteiger partial charge >= 0.3 is 11.9 Å². The fraction of sp³-hybridized carbons (Fsp3) is 0.583. The summed E-state index contributed by atoms with van der Waals surface area (Å²) in [6.45, 7) is 1.96. The van der Waals surface area contributed by atoms with Gasteiger partial charge in [-0.1, -0.05) is 19.8 Å². The van der Waals surface area contributed by atoms with E-state index >= 15 is 0 Å². The highest BCUT2D eigenvalue weighted by Crippen LogP contribution is 2.36. The number of rotatable bonds is 8. The summed E-state index contributed by atoms with van der Waals surface area (Å²) in [5.41, 5.74) is 4.68. The number of thiazole rings is 1. The van der Waals surface area contributed by atoms with Crippen molar-refractivity contribution in [3.8, 4) is 0 Å². The maximum absolute atomic E-state index is 11.7. The Kier molecular flexibility index (Phi) is 5.29. The van der Waals surface area contributed by atoms with Gasteiger partial charge in [0, 0.05) is 11.8 Å². The van der Waals surface area contributed by atoms with E-state index in [-0.39, 0.29) is 12.8 Å². The summed E-state index contributed by atoms with van der Waals surface area (Å²) in [6.07, 6.45) is 1.73. The van der Waals surface area contributed by atoms with E-state index in [1.807, 2.05) is 6.92 Å². The molecule has 1 aromatic rings. The number of nitrogen functional groups attached to an aromatic ring is 1. The number of aliphatic carboxylic acids is 2. The van der Waals surface area contributed by atoms with Gasteiger partial charge in [0.05, 0.1) is 5.69 Å². The molecule has 0 aromatic carbocycles. The Morgan fingerprint density at radius 3 is 2.53 bits per heavy atom. The fourth-order valence-electron chi connectivity index (χ4n) is 2.01. The lowest BCUT2D eigenvalue weighted by Gasteiger charge is -2.27. The van der Waals surface area contributed by atoms with Gasteiger partial charge in [-0.3, -0.25) is 9.59 Å². The zero-order valence-electron chi connectivity index (χ0n) is 10.8. The molecule has 0 saturated heterocycles. The molecule has 0 aliphatic heterocycles. The molecule has 1 aromatic heterocycles. The van der Waals surface area contributed by atoms with Gasteiger partial charge in [0.15, 0.2) is 5.13 Å². The van der Waals surface area contributed by atoms with Crippen molar-refractivity contribution in [3.05, 3.63) is 11.1 Å². The van der Waals surface area contributed by atoms with Crippen LogP contribution in [0.1, 0.15) is 44.7 Å². The molecule has 1 heterocycles. The van der Waals surface area contributed by atoms with Crippen molar-refractivity contribution in [2.24, 2.45) is 0 Å². The highest BCUT2D eigenvalue weighted by Gasteiger charge is 2.42. The van der Waals surface area contributed by atoms with E-state index in [4.69, 9.17) is 10.8 Å².